The second-order valence-corrected chi connectivity index (χ2v) is 8.76. The molecule has 4 aliphatic rings. The van der Waals surface area contributed by atoms with Gasteiger partial charge >= 0.3 is 0 Å². The molecule has 0 saturated heterocycles. The van der Waals surface area contributed by atoms with Gasteiger partial charge in [0.25, 0.3) is 5.89 Å². The van der Waals surface area contributed by atoms with Crippen molar-refractivity contribution in [2.24, 2.45) is 23.2 Å². The number of fused-ring (bicyclic) bond motifs is 1. The van der Waals surface area contributed by atoms with Crippen LogP contribution in [0.3, 0.4) is 0 Å². The molecule has 4 saturated carbocycles. The SMILES string of the molecule is c1csc(-c2nc(CNC34CC5CC6CC(C3)C64C5)no2)c1. The molecule has 5 atom stereocenters. The Morgan fingerprint density at radius 2 is 2.27 bits per heavy atom. The topological polar surface area (TPSA) is 51.0 Å². The molecule has 2 aromatic heterocycles. The minimum Gasteiger partial charge on any atom is -0.333 e. The molecule has 2 aromatic rings. The van der Waals surface area contributed by atoms with E-state index in [0.29, 0.717) is 16.8 Å². The van der Waals surface area contributed by atoms with Gasteiger partial charge < -0.3 is 9.84 Å². The fraction of sp³-hybridized carbons (Fsp3) is 0.647. The van der Waals surface area contributed by atoms with Crippen molar-refractivity contribution in [3.63, 3.8) is 0 Å². The van der Waals surface area contributed by atoms with Crippen molar-refractivity contribution in [3.8, 4) is 10.8 Å². The highest BCUT2D eigenvalue weighted by atomic mass is 32.1. The molecule has 1 N–H and O–H groups in total. The summed E-state index contributed by atoms with van der Waals surface area (Å²) in [6, 6.07) is 4.04. The van der Waals surface area contributed by atoms with E-state index in [4.69, 9.17) is 4.52 Å². The molecular weight excluding hydrogens is 294 g/mol. The van der Waals surface area contributed by atoms with Crippen LogP contribution in [0.4, 0.5) is 0 Å². The van der Waals surface area contributed by atoms with Gasteiger partial charge in [-0.05, 0) is 66.7 Å². The molecular formula is C17H19N3OS. The molecule has 6 rings (SSSR count). The Bertz CT molecular complexity index is 741. The molecule has 1 spiro atoms. The lowest BCUT2D eigenvalue weighted by Crippen LogP contribution is -2.75. The van der Waals surface area contributed by atoms with Crippen LogP contribution >= 0.6 is 11.3 Å². The molecule has 0 aromatic carbocycles. The van der Waals surface area contributed by atoms with Crippen molar-refractivity contribution in [2.75, 3.05) is 0 Å². The molecule has 22 heavy (non-hydrogen) atoms. The summed E-state index contributed by atoms with van der Waals surface area (Å²) in [6.07, 6.45) is 7.27. The molecule has 5 unspecified atom stereocenters. The maximum atomic E-state index is 5.40. The van der Waals surface area contributed by atoms with E-state index in [9.17, 15) is 0 Å². The summed E-state index contributed by atoms with van der Waals surface area (Å²) in [5, 5.41) is 10.1. The predicted molar refractivity (Wildman–Crippen MR) is 83.2 cm³/mol. The maximum Gasteiger partial charge on any atom is 0.268 e. The van der Waals surface area contributed by atoms with Crippen molar-refractivity contribution >= 4 is 11.3 Å². The van der Waals surface area contributed by atoms with Gasteiger partial charge in [-0.3, -0.25) is 0 Å². The van der Waals surface area contributed by atoms with Gasteiger partial charge in [0, 0.05) is 5.54 Å². The lowest BCUT2D eigenvalue weighted by atomic mass is 9.35. The van der Waals surface area contributed by atoms with Gasteiger partial charge in [0.2, 0.25) is 0 Å². The summed E-state index contributed by atoms with van der Waals surface area (Å²) < 4.78 is 5.40. The Labute approximate surface area is 133 Å². The number of rotatable bonds is 4. The summed E-state index contributed by atoms with van der Waals surface area (Å²) in [7, 11) is 0. The van der Waals surface area contributed by atoms with E-state index >= 15 is 0 Å². The maximum absolute atomic E-state index is 5.40. The number of nitrogens with one attached hydrogen (secondary N) is 1. The minimum atomic E-state index is 0.410. The number of hydrogen-bond acceptors (Lipinski definition) is 5. The molecule has 114 valence electrons. The van der Waals surface area contributed by atoms with Crippen LogP contribution in [0.25, 0.3) is 10.8 Å². The van der Waals surface area contributed by atoms with E-state index in [1.54, 1.807) is 11.3 Å². The molecule has 2 heterocycles. The lowest BCUT2D eigenvalue weighted by Gasteiger charge is -2.73. The lowest BCUT2D eigenvalue weighted by molar-refractivity contribution is -0.207. The molecule has 4 nitrogen and oxygen atoms in total. The van der Waals surface area contributed by atoms with Crippen LogP contribution in [0.15, 0.2) is 22.0 Å². The Kier molecular flexibility index (Phi) is 2.13. The molecule has 5 heteroatoms. The van der Waals surface area contributed by atoms with Crippen LogP contribution in [0.5, 0.6) is 0 Å². The smallest absolute Gasteiger partial charge is 0.268 e. The second-order valence-electron chi connectivity index (χ2n) is 7.81. The van der Waals surface area contributed by atoms with Gasteiger partial charge in [0.05, 0.1) is 11.4 Å². The summed E-state index contributed by atoms with van der Waals surface area (Å²) in [6.45, 7) is 0.753. The van der Waals surface area contributed by atoms with Crippen molar-refractivity contribution in [2.45, 2.75) is 44.2 Å². The summed E-state index contributed by atoms with van der Waals surface area (Å²) >= 11 is 1.64. The number of aromatic nitrogens is 2. The van der Waals surface area contributed by atoms with Crippen molar-refractivity contribution in [1.82, 2.24) is 15.5 Å². The number of hydrogen-bond donors (Lipinski definition) is 1. The minimum absolute atomic E-state index is 0.410. The molecule has 0 amide bonds. The third-order valence-electron chi connectivity index (χ3n) is 7.18. The van der Waals surface area contributed by atoms with Crippen LogP contribution in [0, 0.1) is 23.2 Å². The first-order chi connectivity index (χ1) is 10.8. The average molecular weight is 313 g/mol. The van der Waals surface area contributed by atoms with Crippen molar-refractivity contribution in [1.29, 1.82) is 0 Å². The van der Waals surface area contributed by atoms with Gasteiger partial charge in [-0.1, -0.05) is 11.2 Å². The Morgan fingerprint density at radius 3 is 3.09 bits per heavy atom. The van der Waals surface area contributed by atoms with Gasteiger partial charge in [0.15, 0.2) is 5.82 Å². The molecule has 2 bridgehead atoms. The normalized spacial score (nSPS) is 43.7. The van der Waals surface area contributed by atoms with Gasteiger partial charge in [-0.2, -0.15) is 4.98 Å². The van der Waals surface area contributed by atoms with Gasteiger partial charge in [-0.15, -0.1) is 11.3 Å². The van der Waals surface area contributed by atoms with E-state index in [1.807, 2.05) is 17.5 Å². The van der Waals surface area contributed by atoms with E-state index in [2.05, 4.69) is 15.5 Å². The van der Waals surface area contributed by atoms with Crippen molar-refractivity contribution < 1.29 is 4.52 Å². The third-order valence-corrected chi connectivity index (χ3v) is 8.04. The zero-order chi connectivity index (χ0) is 14.4. The Balaban J connectivity index is 1.22. The monoisotopic (exact) mass is 313 g/mol. The first-order valence-corrected chi connectivity index (χ1v) is 9.29. The van der Waals surface area contributed by atoms with Gasteiger partial charge in [0.1, 0.15) is 0 Å². The quantitative estimate of drug-likeness (QED) is 0.939. The van der Waals surface area contributed by atoms with Gasteiger partial charge in [-0.25, -0.2) is 0 Å². The molecule has 4 fully saturated rings. The number of nitrogens with zero attached hydrogens (tertiary/aromatic N) is 2. The standard InChI is InChI=1S/C17H19N3OS/c1-2-13(22-3-1)15-19-14(20-21-15)9-18-16-6-10-4-11-5-12(8-16)17(11,16)7-10/h1-3,10-12,18H,4-9H2. The van der Waals surface area contributed by atoms with Crippen LogP contribution in [0.1, 0.15) is 37.9 Å². The fourth-order valence-corrected chi connectivity index (χ4v) is 7.21. The molecule has 0 aliphatic heterocycles. The van der Waals surface area contributed by atoms with E-state index < -0.39 is 0 Å². The zero-order valence-corrected chi connectivity index (χ0v) is 13.2. The third kappa shape index (κ3) is 1.26. The van der Waals surface area contributed by atoms with Crippen LogP contribution in [-0.4, -0.2) is 15.7 Å². The largest absolute Gasteiger partial charge is 0.333 e. The van der Waals surface area contributed by atoms with Crippen LogP contribution < -0.4 is 5.32 Å². The summed E-state index contributed by atoms with van der Waals surface area (Å²) in [5.41, 5.74) is 1.07. The van der Waals surface area contributed by atoms with Crippen LogP contribution in [0.2, 0.25) is 0 Å². The van der Waals surface area contributed by atoms with E-state index in [0.717, 1.165) is 35.0 Å². The van der Waals surface area contributed by atoms with E-state index in [1.165, 1.54) is 32.1 Å². The first kappa shape index (κ1) is 12.3. The average Bonchev–Trinajstić information content (AvgIpc) is 3.23. The van der Waals surface area contributed by atoms with Crippen molar-refractivity contribution in [3.05, 3.63) is 23.3 Å². The van der Waals surface area contributed by atoms with Crippen LogP contribution in [-0.2, 0) is 6.54 Å². The Morgan fingerprint density at radius 1 is 1.27 bits per heavy atom. The number of thiophene rings is 1. The fourth-order valence-electron chi connectivity index (χ4n) is 6.57. The predicted octanol–water partition coefficient (Wildman–Crippen LogP) is 3.47. The second kappa shape index (κ2) is 3.82. The molecule has 0 radical (unpaired) electrons. The highest BCUT2D eigenvalue weighted by Crippen LogP contribution is 2.82. The molecule has 4 aliphatic carbocycles. The van der Waals surface area contributed by atoms with E-state index in [-0.39, 0.29) is 0 Å². The summed E-state index contributed by atoms with van der Waals surface area (Å²) in [4.78, 5) is 5.61. The first-order valence-electron chi connectivity index (χ1n) is 8.41. The highest BCUT2D eigenvalue weighted by Gasteiger charge is 2.80. The Hall–Kier alpha value is -1.20. The summed E-state index contributed by atoms with van der Waals surface area (Å²) in [5.74, 6) is 4.48. The highest BCUT2D eigenvalue weighted by molar-refractivity contribution is 7.13. The zero-order valence-electron chi connectivity index (χ0n) is 12.4.